The van der Waals surface area contributed by atoms with Crippen molar-refractivity contribution in [2.45, 2.75) is 26.3 Å². The first-order valence-electron chi connectivity index (χ1n) is 11.1. The molecule has 3 aromatic rings. The molecule has 0 bridgehead atoms. The zero-order valence-corrected chi connectivity index (χ0v) is 19.6. The van der Waals surface area contributed by atoms with Crippen LogP contribution < -0.4 is 21.9 Å². The third-order valence-electron chi connectivity index (χ3n) is 5.24. The molecule has 35 heavy (non-hydrogen) atoms. The van der Waals surface area contributed by atoms with Crippen molar-refractivity contribution in [3.63, 3.8) is 0 Å². The number of hydrogen-bond acceptors (Lipinski definition) is 8. The molecular weight excluding hydrogens is 456 g/mol. The van der Waals surface area contributed by atoms with E-state index < -0.39 is 29.7 Å². The lowest BCUT2D eigenvalue weighted by atomic mass is 10.2. The van der Waals surface area contributed by atoms with Crippen LogP contribution in [0.15, 0.2) is 52.3 Å². The minimum absolute atomic E-state index is 0.0370. The highest BCUT2D eigenvalue weighted by Crippen LogP contribution is 2.18. The molecule has 0 unspecified atom stereocenters. The van der Waals surface area contributed by atoms with Crippen molar-refractivity contribution in [1.29, 1.82) is 0 Å². The van der Waals surface area contributed by atoms with Crippen molar-refractivity contribution < 1.29 is 19.1 Å². The summed E-state index contributed by atoms with van der Waals surface area (Å²) in [7, 11) is 1.44. The number of nitrogens with one attached hydrogen (secondary N) is 1. The second kappa shape index (κ2) is 11.8. The molecule has 0 spiro atoms. The summed E-state index contributed by atoms with van der Waals surface area (Å²) in [5.41, 5.74) is 5.46. The van der Waals surface area contributed by atoms with Crippen LogP contribution in [-0.2, 0) is 20.8 Å². The van der Waals surface area contributed by atoms with Gasteiger partial charge in [-0.05, 0) is 36.8 Å². The molecule has 0 saturated heterocycles. The van der Waals surface area contributed by atoms with E-state index >= 15 is 0 Å². The van der Waals surface area contributed by atoms with E-state index in [-0.39, 0.29) is 36.8 Å². The van der Waals surface area contributed by atoms with Crippen LogP contribution in [0.2, 0.25) is 0 Å². The molecule has 1 aromatic carbocycles. The highest BCUT2D eigenvalue weighted by Gasteiger charge is 2.25. The predicted octanol–water partition coefficient (Wildman–Crippen LogP) is 0.941. The maximum Gasteiger partial charge on any atom is 0.338 e. The van der Waals surface area contributed by atoms with Gasteiger partial charge in [0.25, 0.3) is 11.5 Å². The second-order valence-electron chi connectivity index (χ2n) is 7.61. The highest BCUT2D eigenvalue weighted by atomic mass is 16.5. The summed E-state index contributed by atoms with van der Waals surface area (Å²) in [4.78, 5) is 53.6. The first-order chi connectivity index (χ1) is 16.9. The smallest absolute Gasteiger partial charge is 0.338 e. The van der Waals surface area contributed by atoms with Crippen LogP contribution in [0.25, 0.3) is 5.69 Å². The summed E-state index contributed by atoms with van der Waals surface area (Å²) < 4.78 is 13.1. The maximum absolute atomic E-state index is 13.0. The quantitative estimate of drug-likeness (QED) is 0.381. The lowest BCUT2D eigenvalue weighted by molar-refractivity contribution is -0.121. The van der Waals surface area contributed by atoms with Crippen molar-refractivity contribution in [2.24, 2.45) is 0 Å². The molecule has 3 rings (SSSR count). The van der Waals surface area contributed by atoms with E-state index in [1.165, 1.54) is 11.7 Å². The van der Waals surface area contributed by atoms with Gasteiger partial charge in [0.1, 0.15) is 5.82 Å². The highest BCUT2D eigenvalue weighted by molar-refractivity contribution is 5.98. The van der Waals surface area contributed by atoms with E-state index in [0.717, 1.165) is 17.0 Å². The van der Waals surface area contributed by atoms with E-state index in [0.29, 0.717) is 6.42 Å². The van der Waals surface area contributed by atoms with Gasteiger partial charge in [-0.1, -0.05) is 13.3 Å². The number of ether oxygens (including phenoxy) is 2. The third kappa shape index (κ3) is 6.03. The SMILES string of the molecule is CCCCn1c(N)c(N(CCOC)C(=O)COC(=O)c2ccc(-n3cccn3)cc2)c(=O)[nH]c1=O. The van der Waals surface area contributed by atoms with Crippen LogP contribution >= 0.6 is 0 Å². The summed E-state index contributed by atoms with van der Waals surface area (Å²) in [6.07, 6.45) is 4.85. The minimum atomic E-state index is -0.815. The number of anilines is 2. The zero-order chi connectivity index (χ0) is 25.4. The fourth-order valence-corrected chi connectivity index (χ4v) is 3.38. The topological polar surface area (TPSA) is 155 Å². The number of nitrogens with zero attached hydrogens (tertiary/aromatic N) is 4. The number of carbonyl (C=O) groups excluding carboxylic acids is 2. The van der Waals surface area contributed by atoms with E-state index in [1.807, 2.05) is 6.92 Å². The zero-order valence-electron chi connectivity index (χ0n) is 19.6. The lowest BCUT2D eigenvalue weighted by Crippen LogP contribution is -2.44. The monoisotopic (exact) mass is 484 g/mol. The minimum Gasteiger partial charge on any atom is -0.452 e. The number of carbonyl (C=O) groups is 2. The number of nitrogen functional groups attached to an aromatic ring is 1. The van der Waals surface area contributed by atoms with E-state index in [1.54, 1.807) is 47.4 Å². The van der Waals surface area contributed by atoms with Crippen LogP contribution in [0.1, 0.15) is 30.1 Å². The van der Waals surface area contributed by atoms with Crippen molar-refractivity contribution in [3.05, 3.63) is 69.1 Å². The molecule has 0 atom stereocenters. The molecule has 0 aliphatic heterocycles. The molecule has 3 N–H and O–H groups in total. The van der Waals surface area contributed by atoms with Crippen LogP contribution in [0, 0.1) is 0 Å². The van der Waals surface area contributed by atoms with Crippen molar-refractivity contribution in [1.82, 2.24) is 19.3 Å². The molecule has 0 radical (unpaired) electrons. The molecule has 0 aliphatic carbocycles. The number of methoxy groups -OCH3 is 1. The molecule has 0 saturated carbocycles. The second-order valence-corrected chi connectivity index (χ2v) is 7.61. The Morgan fingerprint density at radius 1 is 1.20 bits per heavy atom. The van der Waals surface area contributed by atoms with Crippen molar-refractivity contribution in [3.8, 4) is 5.69 Å². The maximum atomic E-state index is 13.0. The van der Waals surface area contributed by atoms with Gasteiger partial charge in [-0.2, -0.15) is 5.10 Å². The van der Waals surface area contributed by atoms with Gasteiger partial charge in [0.15, 0.2) is 12.3 Å². The van der Waals surface area contributed by atoms with Crippen molar-refractivity contribution in [2.75, 3.05) is 37.5 Å². The molecular formula is C23H28N6O6. The van der Waals surface area contributed by atoms with Gasteiger partial charge in [0.2, 0.25) is 0 Å². The number of H-pyrrole nitrogens is 1. The lowest BCUT2D eigenvalue weighted by Gasteiger charge is -2.24. The third-order valence-corrected chi connectivity index (χ3v) is 5.24. The molecule has 12 nitrogen and oxygen atoms in total. The number of rotatable bonds is 11. The molecule has 0 aliphatic rings. The number of aromatic nitrogens is 4. The number of aromatic amines is 1. The van der Waals surface area contributed by atoms with Gasteiger partial charge in [-0.3, -0.25) is 24.0 Å². The Hall–Kier alpha value is -4.19. The Bertz CT molecular complexity index is 1260. The average Bonchev–Trinajstić information content (AvgIpc) is 3.39. The summed E-state index contributed by atoms with van der Waals surface area (Å²) in [5, 5.41) is 4.12. The fraction of sp³-hybridized carbons (Fsp3) is 0.348. The molecule has 186 valence electrons. The van der Waals surface area contributed by atoms with Gasteiger partial charge >= 0.3 is 11.7 Å². The van der Waals surface area contributed by atoms with Crippen LogP contribution in [-0.4, -0.2) is 58.1 Å². The Labute approximate surface area is 200 Å². The fourth-order valence-electron chi connectivity index (χ4n) is 3.38. The number of amides is 1. The standard InChI is InChI=1S/C23H28N6O6/c1-3-4-11-28-20(24)19(21(31)26-23(28)33)27(13-14-34-2)18(30)15-35-22(32)16-6-8-17(9-7-16)29-12-5-10-25-29/h5-10,12H,3-4,11,13-15,24H2,1-2H3,(H,26,31,33). The normalized spacial score (nSPS) is 10.8. The molecule has 0 fully saturated rings. The largest absolute Gasteiger partial charge is 0.452 e. The predicted molar refractivity (Wildman–Crippen MR) is 129 cm³/mol. The van der Waals surface area contributed by atoms with E-state index in [9.17, 15) is 19.2 Å². The van der Waals surface area contributed by atoms with Gasteiger partial charge in [-0.15, -0.1) is 0 Å². The molecule has 1 amide bonds. The van der Waals surface area contributed by atoms with Crippen molar-refractivity contribution >= 4 is 23.4 Å². The number of hydrogen-bond donors (Lipinski definition) is 2. The van der Waals surface area contributed by atoms with Crippen LogP contribution in [0.4, 0.5) is 11.5 Å². The Balaban J connectivity index is 1.78. The molecule has 12 heteroatoms. The molecule has 2 heterocycles. The van der Waals surface area contributed by atoms with Gasteiger partial charge < -0.3 is 15.2 Å². The van der Waals surface area contributed by atoms with E-state index in [2.05, 4.69) is 10.1 Å². The van der Waals surface area contributed by atoms with Gasteiger partial charge in [0.05, 0.1) is 17.9 Å². The van der Waals surface area contributed by atoms with Gasteiger partial charge in [0, 0.05) is 32.6 Å². The first kappa shape index (κ1) is 25.4. The number of nitrogens with two attached hydrogens (primary N) is 1. The van der Waals surface area contributed by atoms with Gasteiger partial charge in [-0.25, -0.2) is 14.3 Å². The number of esters is 1. The van der Waals surface area contributed by atoms with Crippen LogP contribution in [0.5, 0.6) is 0 Å². The summed E-state index contributed by atoms with van der Waals surface area (Å²) in [5.74, 6) is -1.55. The first-order valence-corrected chi connectivity index (χ1v) is 11.1. The summed E-state index contributed by atoms with van der Waals surface area (Å²) in [6, 6.07) is 8.26. The number of benzene rings is 1. The number of unbranched alkanes of at least 4 members (excludes halogenated alkanes) is 1. The Morgan fingerprint density at radius 2 is 1.94 bits per heavy atom. The molecule has 2 aromatic heterocycles. The summed E-state index contributed by atoms with van der Waals surface area (Å²) >= 11 is 0. The average molecular weight is 485 g/mol. The Kier molecular flexibility index (Phi) is 8.57. The van der Waals surface area contributed by atoms with E-state index in [4.69, 9.17) is 15.2 Å². The Morgan fingerprint density at radius 3 is 2.57 bits per heavy atom. The summed E-state index contributed by atoms with van der Waals surface area (Å²) in [6.45, 7) is 1.63. The van der Waals surface area contributed by atoms with Crippen LogP contribution in [0.3, 0.4) is 0 Å².